The molecular weight excluding hydrogens is 248 g/mol. The summed E-state index contributed by atoms with van der Waals surface area (Å²) < 4.78 is 10.1. The number of nitrogen functional groups attached to an aromatic ring is 1. The van der Waals surface area contributed by atoms with Gasteiger partial charge in [0.2, 0.25) is 0 Å². The van der Waals surface area contributed by atoms with E-state index in [4.69, 9.17) is 20.3 Å². The summed E-state index contributed by atoms with van der Waals surface area (Å²) in [5.74, 6) is 0.0723. The highest BCUT2D eigenvalue weighted by Gasteiger charge is 2.19. The summed E-state index contributed by atoms with van der Waals surface area (Å²) in [7, 11) is 3.01. The number of nitrogens with one attached hydrogen (secondary N) is 1. The molecule has 0 aliphatic heterocycles. The highest BCUT2D eigenvalue weighted by molar-refractivity contribution is 6.02. The minimum atomic E-state index is -0.342. The van der Waals surface area contributed by atoms with Crippen LogP contribution in [0.15, 0.2) is 18.2 Å². The van der Waals surface area contributed by atoms with Crippen molar-refractivity contribution in [2.75, 3.05) is 33.2 Å². The highest BCUT2D eigenvalue weighted by atomic mass is 16.5. The molecule has 1 aromatic carbocycles. The average molecular weight is 268 g/mol. The summed E-state index contributed by atoms with van der Waals surface area (Å²) in [5, 5.41) is 11.7. The van der Waals surface area contributed by atoms with E-state index in [2.05, 4.69) is 5.32 Å². The lowest BCUT2D eigenvalue weighted by atomic mass is 10.1. The second-order valence-corrected chi connectivity index (χ2v) is 4.06. The Balaban J connectivity index is 2.87. The summed E-state index contributed by atoms with van der Waals surface area (Å²) >= 11 is 0. The molecule has 0 saturated heterocycles. The molecular formula is C13H20N2O4. The van der Waals surface area contributed by atoms with Crippen LogP contribution in [0.1, 0.15) is 16.8 Å². The molecule has 6 heteroatoms. The number of aliphatic hydroxyl groups excluding tert-OH is 1. The molecule has 0 aliphatic carbocycles. The third kappa shape index (κ3) is 4.11. The number of rotatable bonds is 7. The number of ether oxygens (including phenoxy) is 2. The zero-order valence-corrected chi connectivity index (χ0v) is 11.2. The molecule has 4 N–H and O–H groups in total. The Labute approximate surface area is 112 Å². The third-order valence-electron chi connectivity index (χ3n) is 2.69. The van der Waals surface area contributed by atoms with Crippen LogP contribution in [0, 0.1) is 0 Å². The van der Waals surface area contributed by atoms with E-state index in [1.54, 1.807) is 18.2 Å². The quantitative estimate of drug-likeness (QED) is 0.622. The van der Waals surface area contributed by atoms with Gasteiger partial charge in [0.25, 0.3) is 5.91 Å². The largest absolute Gasteiger partial charge is 0.496 e. The zero-order valence-electron chi connectivity index (χ0n) is 11.2. The van der Waals surface area contributed by atoms with Crippen molar-refractivity contribution < 1.29 is 19.4 Å². The van der Waals surface area contributed by atoms with Crippen molar-refractivity contribution in [2.24, 2.45) is 0 Å². The second kappa shape index (κ2) is 7.60. The van der Waals surface area contributed by atoms with Gasteiger partial charge in [-0.05, 0) is 18.6 Å². The minimum absolute atomic E-state index is 0.0320. The van der Waals surface area contributed by atoms with Gasteiger partial charge in [0.05, 0.1) is 19.8 Å². The molecule has 0 fully saturated rings. The first kappa shape index (κ1) is 15.3. The number of benzene rings is 1. The number of hydrogen-bond donors (Lipinski definition) is 3. The first-order chi connectivity index (χ1) is 9.13. The summed E-state index contributed by atoms with van der Waals surface area (Å²) in [4.78, 5) is 12.2. The number of carbonyl (C=O) groups excluding carboxylic acids is 1. The molecule has 0 bridgehead atoms. The third-order valence-corrected chi connectivity index (χ3v) is 2.69. The number of carbonyl (C=O) groups is 1. The van der Waals surface area contributed by atoms with E-state index in [9.17, 15) is 4.79 Å². The average Bonchev–Trinajstić information content (AvgIpc) is 2.38. The van der Waals surface area contributed by atoms with E-state index in [0.29, 0.717) is 30.0 Å². The predicted molar refractivity (Wildman–Crippen MR) is 72.2 cm³/mol. The van der Waals surface area contributed by atoms with Gasteiger partial charge in [0.15, 0.2) is 0 Å². The van der Waals surface area contributed by atoms with Gasteiger partial charge in [-0.25, -0.2) is 0 Å². The Morgan fingerprint density at radius 1 is 1.47 bits per heavy atom. The van der Waals surface area contributed by atoms with Gasteiger partial charge >= 0.3 is 0 Å². The van der Waals surface area contributed by atoms with Crippen LogP contribution in [0.2, 0.25) is 0 Å². The Morgan fingerprint density at radius 3 is 2.79 bits per heavy atom. The number of amides is 1. The molecule has 1 amide bonds. The molecule has 0 heterocycles. The van der Waals surface area contributed by atoms with Gasteiger partial charge in [0, 0.05) is 19.4 Å². The van der Waals surface area contributed by atoms with Gasteiger partial charge in [-0.1, -0.05) is 6.07 Å². The minimum Gasteiger partial charge on any atom is -0.496 e. The maximum atomic E-state index is 12.2. The summed E-state index contributed by atoms with van der Waals surface area (Å²) in [6.45, 7) is 0.289. The zero-order chi connectivity index (χ0) is 14.3. The SMILES string of the molecule is COCC(CCO)NC(=O)c1c(N)cccc1OC. The van der Waals surface area contributed by atoms with Crippen LogP contribution in [0.5, 0.6) is 5.75 Å². The van der Waals surface area contributed by atoms with Crippen molar-refractivity contribution in [3.63, 3.8) is 0 Å². The summed E-state index contributed by atoms with van der Waals surface area (Å²) in [6, 6.07) is 4.75. The molecule has 1 atom stereocenters. The lowest BCUT2D eigenvalue weighted by Gasteiger charge is -2.18. The fraction of sp³-hybridized carbons (Fsp3) is 0.462. The highest BCUT2D eigenvalue weighted by Crippen LogP contribution is 2.24. The molecule has 1 unspecified atom stereocenters. The standard InChI is InChI=1S/C13H20N2O4/c1-18-8-9(6-7-16)15-13(17)12-10(14)4-3-5-11(12)19-2/h3-5,9,16H,6-8,14H2,1-2H3,(H,15,17). The molecule has 0 spiro atoms. The monoisotopic (exact) mass is 268 g/mol. The summed E-state index contributed by atoms with van der Waals surface area (Å²) in [6.07, 6.45) is 0.411. The number of hydrogen-bond acceptors (Lipinski definition) is 5. The topological polar surface area (TPSA) is 93.8 Å². The first-order valence-corrected chi connectivity index (χ1v) is 5.97. The van der Waals surface area contributed by atoms with Gasteiger partial charge in [0.1, 0.15) is 11.3 Å². The van der Waals surface area contributed by atoms with Crippen LogP contribution in [0.3, 0.4) is 0 Å². The van der Waals surface area contributed by atoms with E-state index in [-0.39, 0.29) is 18.6 Å². The number of methoxy groups -OCH3 is 2. The van der Waals surface area contributed by atoms with Crippen LogP contribution in [-0.2, 0) is 4.74 Å². The van der Waals surface area contributed by atoms with E-state index < -0.39 is 0 Å². The molecule has 1 rings (SSSR count). The van der Waals surface area contributed by atoms with Crippen LogP contribution >= 0.6 is 0 Å². The second-order valence-electron chi connectivity index (χ2n) is 4.06. The Morgan fingerprint density at radius 2 is 2.21 bits per heavy atom. The fourth-order valence-corrected chi connectivity index (χ4v) is 1.77. The normalized spacial score (nSPS) is 11.9. The first-order valence-electron chi connectivity index (χ1n) is 5.97. The van der Waals surface area contributed by atoms with Crippen molar-refractivity contribution >= 4 is 11.6 Å². The molecule has 0 aliphatic rings. The van der Waals surface area contributed by atoms with Crippen molar-refractivity contribution in [3.8, 4) is 5.75 Å². The van der Waals surface area contributed by atoms with Crippen LogP contribution in [0.4, 0.5) is 5.69 Å². The van der Waals surface area contributed by atoms with E-state index in [0.717, 1.165) is 0 Å². The van der Waals surface area contributed by atoms with Gasteiger partial charge in [-0.15, -0.1) is 0 Å². The van der Waals surface area contributed by atoms with Crippen molar-refractivity contribution in [1.29, 1.82) is 0 Å². The molecule has 6 nitrogen and oxygen atoms in total. The van der Waals surface area contributed by atoms with Gasteiger partial charge < -0.3 is 25.6 Å². The molecule has 0 aromatic heterocycles. The molecule has 0 radical (unpaired) electrons. The van der Waals surface area contributed by atoms with Crippen molar-refractivity contribution in [3.05, 3.63) is 23.8 Å². The Kier molecular flexibility index (Phi) is 6.11. The molecule has 19 heavy (non-hydrogen) atoms. The van der Waals surface area contributed by atoms with Crippen LogP contribution in [0.25, 0.3) is 0 Å². The number of anilines is 1. The molecule has 1 aromatic rings. The van der Waals surface area contributed by atoms with E-state index in [1.165, 1.54) is 14.2 Å². The van der Waals surface area contributed by atoms with Crippen molar-refractivity contribution in [2.45, 2.75) is 12.5 Å². The van der Waals surface area contributed by atoms with E-state index in [1.807, 2.05) is 0 Å². The Hall–Kier alpha value is -1.79. The predicted octanol–water partition coefficient (Wildman–Crippen LogP) is 0.405. The van der Waals surface area contributed by atoms with Crippen LogP contribution < -0.4 is 15.8 Å². The lowest BCUT2D eigenvalue weighted by molar-refractivity contribution is 0.0877. The number of nitrogens with two attached hydrogens (primary N) is 1. The van der Waals surface area contributed by atoms with Crippen molar-refractivity contribution in [1.82, 2.24) is 5.32 Å². The fourth-order valence-electron chi connectivity index (χ4n) is 1.77. The maximum Gasteiger partial charge on any atom is 0.257 e. The van der Waals surface area contributed by atoms with E-state index >= 15 is 0 Å². The maximum absolute atomic E-state index is 12.2. The van der Waals surface area contributed by atoms with Crippen LogP contribution in [-0.4, -0.2) is 44.5 Å². The molecule has 106 valence electrons. The van der Waals surface area contributed by atoms with Gasteiger partial charge in [-0.2, -0.15) is 0 Å². The van der Waals surface area contributed by atoms with Gasteiger partial charge in [-0.3, -0.25) is 4.79 Å². The molecule has 0 saturated carbocycles. The smallest absolute Gasteiger partial charge is 0.257 e. The Bertz CT molecular complexity index is 417. The number of aliphatic hydroxyl groups is 1. The summed E-state index contributed by atoms with van der Waals surface area (Å²) in [5.41, 5.74) is 6.44. The lowest BCUT2D eigenvalue weighted by Crippen LogP contribution is -2.39.